The summed E-state index contributed by atoms with van der Waals surface area (Å²) in [4.78, 5) is -0.178. The van der Waals surface area contributed by atoms with E-state index in [2.05, 4.69) is 51.1 Å². The standard InChI is InChI=1S/C29H54N.C7H8O3S/c1-4-7-10-11-12-13-14-15-16-17-18-22-27-30(25-8-5-2,26-9-6-3)28-29-23-20-19-21-24-29;1-6-2-4-7(5-3-6)11(8,9)10/h19-21,23-24H,4-18,22,25-28H2,1-3H3;2-5H,1H3,(H,8,9,10)/q+1;/p-1. The van der Waals surface area contributed by atoms with Gasteiger partial charge in [0.25, 0.3) is 0 Å². The second kappa shape index (κ2) is 22.9. The van der Waals surface area contributed by atoms with Gasteiger partial charge in [0.1, 0.15) is 16.7 Å². The van der Waals surface area contributed by atoms with Gasteiger partial charge in [-0.25, -0.2) is 8.42 Å². The van der Waals surface area contributed by atoms with Gasteiger partial charge in [0, 0.05) is 5.56 Å². The lowest BCUT2D eigenvalue weighted by Crippen LogP contribution is -2.49. The Balaban J connectivity index is 0.000000634. The summed E-state index contributed by atoms with van der Waals surface area (Å²) in [5.74, 6) is 0. The van der Waals surface area contributed by atoms with E-state index >= 15 is 0 Å². The summed E-state index contributed by atoms with van der Waals surface area (Å²) in [6.45, 7) is 14.2. The van der Waals surface area contributed by atoms with Crippen LogP contribution in [0, 0.1) is 6.92 Å². The molecule has 2 aromatic rings. The molecule has 0 bridgehead atoms. The smallest absolute Gasteiger partial charge is 0.124 e. The summed E-state index contributed by atoms with van der Waals surface area (Å²) >= 11 is 0. The van der Waals surface area contributed by atoms with Crippen molar-refractivity contribution in [2.75, 3.05) is 19.6 Å². The zero-order valence-corrected chi connectivity index (χ0v) is 27.7. The van der Waals surface area contributed by atoms with Gasteiger partial charge in [-0.15, -0.1) is 0 Å². The molecule has 0 fully saturated rings. The Bertz CT molecular complexity index is 966. The van der Waals surface area contributed by atoms with E-state index < -0.39 is 10.1 Å². The Morgan fingerprint density at radius 2 is 0.976 bits per heavy atom. The van der Waals surface area contributed by atoms with Crippen LogP contribution in [0.3, 0.4) is 0 Å². The largest absolute Gasteiger partial charge is 0.744 e. The minimum Gasteiger partial charge on any atom is -0.744 e. The van der Waals surface area contributed by atoms with Crippen molar-refractivity contribution in [2.45, 2.75) is 142 Å². The molecular weight excluding hydrogens is 526 g/mol. The highest BCUT2D eigenvalue weighted by Gasteiger charge is 2.26. The van der Waals surface area contributed by atoms with E-state index in [9.17, 15) is 13.0 Å². The third-order valence-corrected chi connectivity index (χ3v) is 8.98. The van der Waals surface area contributed by atoms with Crippen molar-refractivity contribution in [3.05, 3.63) is 65.7 Å². The van der Waals surface area contributed by atoms with Crippen molar-refractivity contribution < 1.29 is 17.5 Å². The summed E-state index contributed by atoms with van der Waals surface area (Å²) in [5, 5.41) is 0. The van der Waals surface area contributed by atoms with E-state index in [4.69, 9.17) is 0 Å². The zero-order chi connectivity index (χ0) is 30.2. The summed E-state index contributed by atoms with van der Waals surface area (Å²) in [6.07, 6.45) is 22.7. The fourth-order valence-corrected chi connectivity index (χ4v) is 5.99. The van der Waals surface area contributed by atoms with Crippen molar-refractivity contribution in [2.24, 2.45) is 0 Å². The van der Waals surface area contributed by atoms with Crippen LogP contribution in [0.1, 0.15) is 135 Å². The van der Waals surface area contributed by atoms with Crippen LogP contribution in [0.25, 0.3) is 0 Å². The Morgan fingerprint density at radius 3 is 1.41 bits per heavy atom. The molecule has 0 aliphatic carbocycles. The Hall–Kier alpha value is -1.69. The molecule has 234 valence electrons. The lowest BCUT2D eigenvalue weighted by molar-refractivity contribution is -0.941. The van der Waals surface area contributed by atoms with E-state index in [1.54, 1.807) is 12.1 Å². The third-order valence-electron chi connectivity index (χ3n) is 8.13. The summed E-state index contributed by atoms with van der Waals surface area (Å²) in [5.41, 5.74) is 2.46. The topological polar surface area (TPSA) is 57.2 Å². The van der Waals surface area contributed by atoms with Gasteiger partial charge >= 0.3 is 0 Å². The summed E-state index contributed by atoms with van der Waals surface area (Å²) in [7, 11) is -4.27. The molecule has 0 N–H and O–H groups in total. The monoisotopic (exact) mass is 587 g/mol. The van der Waals surface area contributed by atoms with Gasteiger partial charge in [0.15, 0.2) is 0 Å². The first-order valence-corrected chi connectivity index (χ1v) is 18.1. The molecular formula is C36H61NO3S. The molecule has 0 heterocycles. The number of quaternary nitrogens is 1. The van der Waals surface area contributed by atoms with Gasteiger partial charge in [-0.3, -0.25) is 0 Å². The van der Waals surface area contributed by atoms with Gasteiger partial charge in [-0.05, 0) is 44.7 Å². The Morgan fingerprint density at radius 1 is 0.561 bits per heavy atom. The van der Waals surface area contributed by atoms with Crippen LogP contribution in [-0.2, 0) is 16.7 Å². The molecule has 0 saturated carbocycles. The lowest BCUT2D eigenvalue weighted by atomic mass is 10.0. The molecule has 41 heavy (non-hydrogen) atoms. The highest BCUT2D eigenvalue weighted by atomic mass is 32.2. The van der Waals surface area contributed by atoms with Gasteiger partial charge in [-0.1, -0.05) is 146 Å². The first-order chi connectivity index (χ1) is 19.8. The SMILES string of the molecule is CCCCCCCCCCCCCC[N+](CCCC)(CCCC)Cc1ccccc1.Cc1ccc(S(=O)(=O)[O-])cc1. The minimum atomic E-state index is -4.27. The van der Waals surface area contributed by atoms with Crippen molar-refractivity contribution in [3.63, 3.8) is 0 Å². The van der Waals surface area contributed by atoms with Crippen LogP contribution < -0.4 is 0 Å². The second-order valence-electron chi connectivity index (χ2n) is 12.0. The fraction of sp³-hybridized carbons (Fsp3) is 0.667. The molecule has 0 atom stereocenters. The molecule has 0 radical (unpaired) electrons. The number of nitrogens with zero attached hydrogens (tertiary/aromatic N) is 1. The van der Waals surface area contributed by atoms with Crippen molar-refractivity contribution >= 4 is 10.1 Å². The molecule has 0 aromatic heterocycles. The fourth-order valence-electron chi connectivity index (χ4n) is 5.52. The zero-order valence-electron chi connectivity index (χ0n) is 26.9. The second-order valence-corrected chi connectivity index (χ2v) is 13.4. The first kappa shape index (κ1) is 37.3. The predicted octanol–water partition coefficient (Wildman–Crippen LogP) is 10.2. The molecule has 0 spiro atoms. The number of hydrogen-bond donors (Lipinski definition) is 0. The van der Waals surface area contributed by atoms with Crippen LogP contribution in [0.5, 0.6) is 0 Å². The molecule has 0 amide bonds. The van der Waals surface area contributed by atoms with Crippen LogP contribution in [0.15, 0.2) is 59.5 Å². The predicted molar refractivity (Wildman–Crippen MR) is 175 cm³/mol. The van der Waals surface area contributed by atoms with E-state index in [0.717, 1.165) is 5.56 Å². The molecule has 5 heteroatoms. The Labute approximate surface area is 254 Å². The number of rotatable bonds is 22. The van der Waals surface area contributed by atoms with Gasteiger partial charge in [0.05, 0.1) is 24.5 Å². The number of benzene rings is 2. The van der Waals surface area contributed by atoms with E-state index in [1.807, 2.05) is 6.92 Å². The lowest BCUT2D eigenvalue weighted by Gasteiger charge is -2.39. The average Bonchev–Trinajstić information content (AvgIpc) is 2.96. The van der Waals surface area contributed by atoms with Gasteiger partial charge in [0.2, 0.25) is 0 Å². The molecule has 0 saturated heterocycles. The maximum absolute atomic E-state index is 10.4. The van der Waals surface area contributed by atoms with Crippen molar-refractivity contribution in [1.29, 1.82) is 0 Å². The highest BCUT2D eigenvalue weighted by molar-refractivity contribution is 7.85. The van der Waals surface area contributed by atoms with Crippen LogP contribution in [0.4, 0.5) is 0 Å². The van der Waals surface area contributed by atoms with E-state index in [1.165, 1.54) is 151 Å². The maximum Gasteiger partial charge on any atom is 0.124 e. The molecule has 4 nitrogen and oxygen atoms in total. The number of hydrogen-bond acceptors (Lipinski definition) is 3. The molecule has 2 aromatic carbocycles. The third kappa shape index (κ3) is 18.5. The van der Waals surface area contributed by atoms with Gasteiger partial charge in [-0.2, -0.15) is 0 Å². The van der Waals surface area contributed by atoms with E-state index in [-0.39, 0.29) is 4.90 Å². The Kier molecular flexibility index (Phi) is 20.8. The average molecular weight is 588 g/mol. The summed E-state index contributed by atoms with van der Waals surface area (Å²) < 4.78 is 32.5. The minimum absolute atomic E-state index is 0.178. The number of aryl methyl sites for hydroxylation is 1. The van der Waals surface area contributed by atoms with Crippen LogP contribution in [-0.4, -0.2) is 37.1 Å². The molecule has 2 rings (SSSR count). The summed E-state index contributed by atoms with van der Waals surface area (Å²) in [6, 6.07) is 17.0. The van der Waals surface area contributed by atoms with Crippen molar-refractivity contribution in [1.82, 2.24) is 0 Å². The first-order valence-electron chi connectivity index (χ1n) is 16.7. The molecule has 0 unspecified atom stereocenters. The van der Waals surface area contributed by atoms with E-state index in [0.29, 0.717) is 0 Å². The maximum atomic E-state index is 10.4. The van der Waals surface area contributed by atoms with Crippen LogP contribution >= 0.6 is 0 Å². The quantitative estimate of drug-likeness (QED) is 0.0782. The van der Waals surface area contributed by atoms with Gasteiger partial charge < -0.3 is 9.04 Å². The number of unbranched alkanes of at least 4 members (excludes halogenated alkanes) is 13. The normalized spacial score (nSPS) is 11.7. The molecule has 0 aliphatic heterocycles. The highest BCUT2D eigenvalue weighted by Crippen LogP contribution is 2.21. The molecule has 0 aliphatic rings. The van der Waals surface area contributed by atoms with Crippen LogP contribution in [0.2, 0.25) is 0 Å². The van der Waals surface area contributed by atoms with Crippen molar-refractivity contribution in [3.8, 4) is 0 Å².